The second-order valence-electron chi connectivity index (χ2n) is 8.09. The minimum absolute atomic E-state index is 0.635. The van der Waals surface area contributed by atoms with Crippen LogP contribution >= 0.6 is 12.2 Å². The van der Waals surface area contributed by atoms with Gasteiger partial charge in [-0.15, -0.1) is 0 Å². The second kappa shape index (κ2) is 12.6. The van der Waals surface area contributed by atoms with E-state index in [2.05, 4.69) is 21.3 Å². The zero-order valence-corrected chi connectivity index (χ0v) is 21.2. The Balaban J connectivity index is 1.44. The highest BCUT2D eigenvalue weighted by atomic mass is 32.1. The van der Waals surface area contributed by atoms with Gasteiger partial charge in [-0.25, -0.2) is 0 Å². The van der Waals surface area contributed by atoms with Crippen LogP contribution in [0.3, 0.4) is 0 Å². The number of nitrogens with one attached hydrogen (secondary N) is 1. The van der Waals surface area contributed by atoms with Crippen molar-refractivity contribution in [3.63, 3.8) is 0 Å². The summed E-state index contributed by atoms with van der Waals surface area (Å²) in [6, 6.07) is 27.4. The van der Waals surface area contributed by atoms with Gasteiger partial charge in [0.2, 0.25) is 0 Å². The minimum atomic E-state index is 0.635. The zero-order valence-electron chi connectivity index (χ0n) is 20.4. The van der Waals surface area contributed by atoms with Gasteiger partial charge in [-0.05, 0) is 84.4 Å². The van der Waals surface area contributed by atoms with Crippen LogP contribution in [0.1, 0.15) is 11.1 Å². The summed E-state index contributed by atoms with van der Waals surface area (Å²) in [5.74, 6) is 2.99. The Morgan fingerprint density at radius 1 is 0.833 bits per heavy atom. The van der Waals surface area contributed by atoms with Gasteiger partial charge in [-0.3, -0.25) is 4.98 Å². The Labute approximate surface area is 217 Å². The molecule has 0 saturated heterocycles. The number of nitrogens with zero attached hydrogens (tertiary/aromatic N) is 2. The first-order chi connectivity index (χ1) is 17.6. The molecule has 0 aliphatic rings. The molecule has 7 heteroatoms. The molecule has 0 saturated carbocycles. The summed E-state index contributed by atoms with van der Waals surface area (Å²) in [4.78, 5) is 6.39. The van der Waals surface area contributed by atoms with Crippen LogP contribution in [0.5, 0.6) is 23.0 Å². The van der Waals surface area contributed by atoms with E-state index >= 15 is 0 Å². The smallest absolute Gasteiger partial charge is 0.173 e. The molecule has 4 aromatic rings. The van der Waals surface area contributed by atoms with Crippen molar-refractivity contribution in [3.8, 4) is 23.0 Å². The summed E-state index contributed by atoms with van der Waals surface area (Å²) in [5, 5.41) is 4.00. The molecule has 1 N–H and O–H groups in total. The van der Waals surface area contributed by atoms with Gasteiger partial charge < -0.3 is 24.4 Å². The number of benzene rings is 3. The van der Waals surface area contributed by atoms with Crippen LogP contribution in [0.2, 0.25) is 0 Å². The summed E-state index contributed by atoms with van der Waals surface area (Å²) < 4.78 is 16.7. The normalized spacial score (nSPS) is 10.4. The molecule has 184 valence electrons. The van der Waals surface area contributed by atoms with Crippen molar-refractivity contribution >= 4 is 23.0 Å². The number of hydrogen-bond acceptors (Lipinski definition) is 5. The molecule has 0 radical (unpaired) electrons. The third-order valence-corrected chi connectivity index (χ3v) is 5.95. The summed E-state index contributed by atoms with van der Waals surface area (Å²) in [6.45, 7) is 1.35. The highest BCUT2D eigenvalue weighted by Crippen LogP contribution is 2.28. The fourth-order valence-electron chi connectivity index (χ4n) is 3.70. The van der Waals surface area contributed by atoms with Gasteiger partial charge in [0.25, 0.3) is 0 Å². The Hall–Kier alpha value is -4.10. The van der Waals surface area contributed by atoms with Gasteiger partial charge in [-0.1, -0.05) is 30.3 Å². The van der Waals surface area contributed by atoms with E-state index in [9.17, 15) is 0 Å². The first-order valence-electron chi connectivity index (χ1n) is 11.6. The number of thiocarbonyl (C=S) groups is 1. The second-order valence-corrected chi connectivity index (χ2v) is 8.48. The number of ether oxygens (including phenoxy) is 3. The standard InChI is InChI=1S/C29H29N3O3S/c1-33-27-15-10-22(19-28(27)34-2)16-18-32(21-23-7-6-17-30-20-23)29(36)31-24-11-13-26(14-12-24)35-25-8-4-3-5-9-25/h3-15,17,19-20H,16,18,21H2,1-2H3,(H,31,36). The summed E-state index contributed by atoms with van der Waals surface area (Å²) in [7, 11) is 3.28. The number of aromatic nitrogens is 1. The van der Waals surface area contributed by atoms with E-state index in [1.54, 1.807) is 20.4 Å². The molecule has 0 amide bonds. The molecule has 4 rings (SSSR count). The first kappa shape index (κ1) is 25.0. The van der Waals surface area contributed by atoms with Crippen molar-refractivity contribution < 1.29 is 14.2 Å². The van der Waals surface area contributed by atoms with E-state index in [-0.39, 0.29) is 0 Å². The third kappa shape index (κ3) is 6.96. The van der Waals surface area contributed by atoms with Gasteiger partial charge in [-0.2, -0.15) is 0 Å². The molecule has 0 aliphatic carbocycles. The number of methoxy groups -OCH3 is 2. The maximum absolute atomic E-state index is 5.89. The predicted octanol–water partition coefficient (Wildman–Crippen LogP) is 6.33. The molecule has 0 fully saturated rings. The lowest BCUT2D eigenvalue weighted by atomic mass is 10.1. The molecule has 0 atom stereocenters. The first-order valence-corrected chi connectivity index (χ1v) is 12.0. The van der Waals surface area contributed by atoms with Gasteiger partial charge >= 0.3 is 0 Å². The largest absolute Gasteiger partial charge is 0.493 e. The molecular weight excluding hydrogens is 470 g/mol. The number of para-hydroxylation sites is 1. The summed E-state index contributed by atoms with van der Waals surface area (Å²) >= 11 is 5.82. The molecule has 3 aromatic carbocycles. The van der Waals surface area contributed by atoms with Crippen LogP contribution in [0.15, 0.2) is 97.3 Å². The van der Waals surface area contributed by atoms with E-state index in [4.69, 9.17) is 26.4 Å². The number of anilines is 1. The van der Waals surface area contributed by atoms with Crippen molar-refractivity contribution in [2.75, 3.05) is 26.1 Å². The Bertz CT molecular complexity index is 1250. The van der Waals surface area contributed by atoms with Crippen LogP contribution in [-0.4, -0.2) is 35.8 Å². The van der Waals surface area contributed by atoms with Crippen molar-refractivity contribution in [3.05, 3.63) is 108 Å². The van der Waals surface area contributed by atoms with E-state index in [0.29, 0.717) is 29.7 Å². The zero-order chi connectivity index (χ0) is 25.2. The SMILES string of the molecule is COc1ccc(CCN(Cc2cccnc2)C(=S)Nc2ccc(Oc3ccccc3)cc2)cc1OC. The summed E-state index contributed by atoms with van der Waals surface area (Å²) in [5.41, 5.74) is 3.11. The van der Waals surface area contributed by atoms with Crippen LogP contribution in [0, 0.1) is 0 Å². The highest BCUT2D eigenvalue weighted by Gasteiger charge is 2.13. The predicted molar refractivity (Wildman–Crippen MR) is 147 cm³/mol. The van der Waals surface area contributed by atoms with Gasteiger partial charge in [0, 0.05) is 31.2 Å². The average molecular weight is 500 g/mol. The molecule has 1 heterocycles. The number of pyridine rings is 1. The minimum Gasteiger partial charge on any atom is -0.493 e. The molecule has 36 heavy (non-hydrogen) atoms. The van der Waals surface area contributed by atoms with Crippen LogP contribution in [0.25, 0.3) is 0 Å². The fraction of sp³-hybridized carbons (Fsp3) is 0.172. The molecule has 1 aromatic heterocycles. The third-order valence-electron chi connectivity index (χ3n) is 5.59. The van der Waals surface area contributed by atoms with E-state index in [1.165, 1.54) is 0 Å². The monoisotopic (exact) mass is 499 g/mol. The molecule has 0 aliphatic heterocycles. The Morgan fingerprint density at radius 3 is 2.28 bits per heavy atom. The quantitative estimate of drug-likeness (QED) is 0.256. The van der Waals surface area contributed by atoms with Gasteiger partial charge in [0.05, 0.1) is 14.2 Å². The molecule has 0 bridgehead atoms. The van der Waals surface area contributed by atoms with Gasteiger partial charge in [0.1, 0.15) is 11.5 Å². The fourth-order valence-corrected chi connectivity index (χ4v) is 3.97. The maximum Gasteiger partial charge on any atom is 0.173 e. The van der Waals surface area contributed by atoms with Crippen LogP contribution in [0.4, 0.5) is 5.69 Å². The summed E-state index contributed by atoms with van der Waals surface area (Å²) in [6.07, 6.45) is 4.42. The highest BCUT2D eigenvalue weighted by molar-refractivity contribution is 7.80. The lowest BCUT2D eigenvalue weighted by Gasteiger charge is -2.26. The maximum atomic E-state index is 5.89. The Morgan fingerprint density at radius 2 is 1.58 bits per heavy atom. The number of hydrogen-bond donors (Lipinski definition) is 1. The van der Waals surface area contributed by atoms with Gasteiger partial charge in [0.15, 0.2) is 16.6 Å². The van der Waals surface area contributed by atoms with E-state index in [1.807, 2.05) is 85.1 Å². The Kier molecular flexibility index (Phi) is 8.72. The van der Waals surface area contributed by atoms with Crippen LogP contribution in [-0.2, 0) is 13.0 Å². The number of rotatable bonds is 10. The van der Waals surface area contributed by atoms with Crippen molar-refractivity contribution in [2.45, 2.75) is 13.0 Å². The van der Waals surface area contributed by atoms with Crippen LogP contribution < -0.4 is 19.5 Å². The average Bonchev–Trinajstić information content (AvgIpc) is 2.93. The molecule has 6 nitrogen and oxygen atoms in total. The molecule has 0 unspecified atom stereocenters. The topological polar surface area (TPSA) is 55.9 Å². The van der Waals surface area contributed by atoms with E-state index < -0.39 is 0 Å². The van der Waals surface area contributed by atoms with Crippen molar-refractivity contribution in [2.24, 2.45) is 0 Å². The molecule has 0 spiro atoms. The van der Waals surface area contributed by atoms with E-state index in [0.717, 1.165) is 34.7 Å². The lowest BCUT2D eigenvalue weighted by molar-refractivity contribution is 0.354. The lowest BCUT2D eigenvalue weighted by Crippen LogP contribution is -2.35. The molecular formula is C29H29N3O3S. The van der Waals surface area contributed by atoms with Crippen molar-refractivity contribution in [1.29, 1.82) is 0 Å². The van der Waals surface area contributed by atoms with Crippen molar-refractivity contribution in [1.82, 2.24) is 9.88 Å².